The SMILES string of the molecule is CCCCCc1ccc(C(=O)N(CC(=O)NCC(=O)Nc2ccc(C)cc2)C2CC2)cc1. The van der Waals surface area contributed by atoms with Gasteiger partial charge in [0.1, 0.15) is 6.54 Å². The van der Waals surface area contributed by atoms with E-state index in [1.165, 1.54) is 18.4 Å². The first-order chi connectivity index (χ1) is 15.5. The molecule has 32 heavy (non-hydrogen) atoms. The monoisotopic (exact) mass is 435 g/mol. The van der Waals surface area contributed by atoms with E-state index in [2.05, 4.69) is 17.6 Å². The zero-order chi connectivity index (χ0) is 22.9. The van der Waals surface area contributed by atoms with Gasteiger partial charge in [-0.1, -0.05) is 49.6 Å². The van der Waals surface area contributed by atoms with Crippen molar-refractivity contribution >= 4 is 23.4 Å². The molecule has 1 saturated carbocycles. The molecule has 6 nitrogen and oxygen atoms in total. The molecule has 1 fully saturated rings. The minimum Gasteiger partial charge on any atom is -0.345 e. The van der Waals surface area contributed by atoms with Gasteiger partial charge in [-0.3, -0.25) is 14.4 Å². The van der Waals surface area contributed by atoms with Crippen LogP contribution in [0.25, 0.3) is 0 Å². The third kappa shape index (κ3) is 7.22. The molecule has 3 rings (SSSR count). The van der Waals surface area contributed by atoms with Crippen molar-refractivity contribution in [1.82, 2.24) is 10.2 Å². The van der Waals surface area contributed by atoms with Crippen molar-refractivity contribution in [3.8, 4) is 0 Å². The Morgan fingerprint density at radius 3 is 2.25 bits per heavy atom. The van der Waals surface area contributed by atoms with Gasteiger partial charge in [-0.15, -0.1) is 0 Å². The Morgan fingerprint density at radius 2 is 1.62 bits per heavy atom. The molecule has 0 saturated heterocycles. The summed E-state index contributed by atoms with van der Waals surface area (Å²) in [6.45, 7) is 3.98. The Kier molecular flexibility index (Phi) is 8.42. The van der Waals surface area contributed by atoms with Crippen LogP contribution < -0.4 is 10.6 Å². The van der Waals surface area contributed by atoms with E-state index in [0.717, 1.165) is 31.2 Å². The van der Waals surface area contributed by atoms with Crippen LogP contribution in [0.3, 0.4) is 0 Å². The molecular formula is C26H33N3O3. The van der Waals surface area contributed by atoms with Gasteiger partial charge in [0.15, 0.2) is 0 Å². The van der Waals surface area contributed by atoms with E-state index in [1.807, 2.05) is 55.5 Å². The third-order valence-corrected chi connectivity index (χ3v) is 5.61. The van der Waals surface area contributed by atoms with Crippen LogP contribution in [-0.2, 0) is 16.0 Å². The maximum atomic E-state index is 13.0. The summed E-state index contributed by atoms with van der Waals surface area (Å²) >= 11 is 0. The number of hydrogen-bond donors (Lipinski definition) is 2. The number of benzene rings is 2. The highest BCUT2D eigenvalue weighted by atomic mass is 16.2. The number of hydrogen-bond acceptors (Lipinski definition) is 3. The Bertz CT molecular complexity index is 918. The van der Waals surface area contributed by atoms with Gasteiger partial charge in [-0.05, 0) is 62.4 Å². The van der Waals surface area contributed by atoms with Crippen molar-refractivity contribution in [1.29, 1.82) is 0 Å². The summed E-state index contributed by atoms with van der Waals surface area (Å²) in [6.07, 6.45) is 6.36. The number of rotatable bonds is 11. The maximum absolute atomic E-state index is 13.0. The number of carbonyl (C=O) groups is 3. The van der Waals surface area contributed by atoms with Crippen LogP contribution in [0, 0.1) is 6.92 Å². The van der Waals surface area contributed by atoms with Gasteiger partial charge in [0.25, 0.3) is 5.91 Å². The van der Waals surface area contributed by atoms with Crippen LogP contribution in [0.15, 0.2) is 48.5 Å². The lowest BCUT2D eigenvalue weighted by atomic mass is 10.0. The predicted molar refractivity (Wildman–Crippen MR) is 127 cm³/mol. The number of nitrogens with zero attached hydrogens (tertiary/aromatic N) is 1. The third-order valence-electron chi connectivity index (χ3n) is 5.61. The lowest BCUT2D eigenvalue weighted by Crippen LogP contribution is -2.43. The maximum Gasteiger partial charge on any atom is 0.254 e. The predicted octanol–water partition coefficient (Wildman–Crippen LogP) is 4.09. The summed E-state index contributed by atoms with van der Waals surface area (Å²) in [4.78, 5) is 39.2. The molecule has 6 heteroatoms. The molecule has 1 aliphatic carbocycles. The molecule has 2 aromatic rings. The Hall–Kier alpha value is -3.15. The molecule has 0 bridgehead atoms. The number of amides is 3. The van der Waals surface area contributed by atoms with Crippen molar-refractivity contribution in [3.05, 3.63) is 65.2 Å². The normalized spacial score (nSPS) is 12.8. The molecule has 0 heterocycles. The fraction of sp³-hybridized carbons (Fsp3) is 0.423. The van der Waals surface area contributed by atoms with E-state index in [-0.39, 0.29) is 36.9 Å². The molecule has 0 radical (unpaired) electrons. The van der Waals surface area contributed by atoms with Gasteiger partial charge in [0, 0.05) is 17.3 Å². The summed E-state index contributed by atoms with van der Waals surface area (Å²) in [5.74, 6) is -0.766. The van der Waals surface area contributed by atoms with E-state index in [4.69, 9.17) is 0 Å². The van der Waals surface area contributed by atoms with Crippen molar-refractivity contribution in [3.63, 3.8) is 0 Å². The summed E-state index contributed by atoms with van der Waals surface area (Å²) in [5, 5.41) is 5.38. The van der Waals surface area contributed by atoms with Gasteiger partial charge in [0.2, 0.25) is 11.8 Å². The van der Waals surface area contributed by atoms with E-state index < -0.39 is 0 Å². The lowest BCUT2D eigenvalue weighted by Gasteiger charge is -2.22. The van der Waals surface area contributed by atoms with Crippen molar-refractivity contribution in [2.75, 3.05) is 18.4 Å². The van der Waals surface area contributed by atoms with Crippen LogP contribution in [0.2, 0.25) is 0 Å². The standard InChI is InChI=1S/C26H33N3O3/c1-3-4-5-6-20-9-11-21(12-10-20)26(32)29(23-15-16-23)18-25(31)27-17-24(30)28-22-13-7-19(2)8-14-22/h7-14,23H,3-6,15-18H2,1-2H3,(H,27,31)(H,28,30). The molecule has 2 N–H and O–H groups in total. The fourth-order valence-corrected chi connectivity index (χ4v) is 3.54. The van der Waals surface area contributed by atoms with E-state index in [1.54, 1.807) is 4.90 Å². The van der Waals surface area contributed by atoms with Crippen molar-refractivity contribution in [2.24, 2.45) is 0 Å². The average molecular weight is 436 g/mol. The summed E-state index contributed by atoms with van der Waals surface area (Å²) in [6, 6.07) is 15.3. The second kappa shape index (κ2) is 11.5. The largest absolute Gasteiger partial charge is 0.345 e. The minimum atomic E-state index is -0.333. The molecule has 0 atom stereocenters. The van der Waals surface area contributed by atoms with Crippen LogP contribution in [0.1, 0.15) is 60.5 Å². The molecule has 3 amide bonds. The lowest BCUT2D eigenvalue weighted by molar-refractivity contribution is -0.124. The van der Waals surface area contributed by atoms with Crippen molar-refractivity contribution < 1.29 is 14.4 Å². The molecule has 170 valence electrons. The van der Waals surface area contributed by atoms with Crippen LogP contribution >= 0.6 is 0 Å². The van der Waals surface area contributed by atoms with Gasteiger partial charge in [0.05, 0.1) is 6.54 Å². The zero-order valence-corrected chi connectivity index (χ0v) is 19.0. The first kappa shape index (κ1) is 23.5. The molecule has 0 spiro atoms. The molecule has 0 aliphatic heterocycles. The molecule has 1 aliphatic rings. The number of unbranched alkanes of at least 4 members (excludes halogenated alkanes) is 2. The first-order valence-corrected chi connectivity index (χ1v) is 11.5. The summed E-state index contributed by atoms with van der Waals surface area (Å²) in [7, 11) is 0. The molecular weight excluding hydrogens is 402 g/mol. The van der Waals surface area contributed by atoms with Crippen LogP contribution in [0.4, 0.5) is 5.69 Å². The smallest absolute Gasteiger partial charge is 0.254 e. The number of aryl methyl sites for hydroxylation is 2. The molecule has 0 aromatic heterocycles. The van der Waals surface area contributed by atoms with Crippen molar-refractivity contribution in [2.45, 2.75) is 58.4 Å². The zero-order valence-electron chi connectivity index (χ0n) is 19.0. The quantitative estimate of drug-likeness (QED) is 0.522. The molecule has 2 aromatic carbocycles. The van der Waals surface area contributed by atoms with E-state index in [0.29, 0.717) is 11.3 Å². The highest BCUT2D eigenvalue weighted by molar-refractivity contribution is 5.98. The second-order valence-electron chi connectivity index (χ2n) is 8.51. The molecule has 0 unspecified atom stereocenters. The van der Waals surface area contributed by atoms with Gasteiger partial charge in [-0.25, -0.2) is 0 Å². The second-order valence-corrected chi connectivity index (χ2v) is 8.51. The highest BCUT2D eigenvalue weighted by Crippen LogP contribution is 2.28. The van der Waals surface area contributed by atoms with Crippen LogP contribution in [-0.4, -0.2) is 41.8 Å². The highest BCUT2D eigenvalue weighted by Gasteiger charge is 2.34. The number of nitrogens with one attached hydrogen (secondary N) is 2. The van der Waals surface area contributed by atoms with Crippen LogP contribution in [0.5, 0.6) is 0 Å². The summed E-state index contributed by atoms with van der Waals surface area (Å²) in [5.41, 5.74) is 3.61. The van der Waals surface area contributed by atoms with Gasteiger partial charge < -0.3 is 15.5 Å². The first-order valence-electron chi connectivity index (χ1n) is 11.5. The van der Waals surface area contributed by atoms with Gasteiger partial charge in [-0.2, -0.15) is 0 Å². The Balaban J connectivity index is 1.49. The van der Waals surface area contributed by atoms with E-state index >= 15 is 0 Å². The van der Waals surface area contributed by atoms with E-state index in [9.17, 15) is 14.4 Å². The minimum absolute atomic E-state index is 0.0421. The number of carbonyl (C=O) groups excluding carboxylic acids is 3. The fourth-order valence-electron chi connectivity index (χ4n) is 3.54. The number of anilines is 1. The average Bonchev–Trinajstić information content (AvgIpc) is 3.63. The topological polar surface area (TPSA) is 78.5 Å². The summed E-state index contributed by atoms with van der Waals surface area (Å²) < 4.78 is 0. The Morgan fingerprint density at radius 1 is 0.938 bits per heavy atom. The Labute approximate surface area is 190 Å². The van der Waals surface area contributed by atoms with Gasteiger partial charge >= 0.3 is 0 Å².